The first-order chi connectivity index (χ1) is 10.0. The number of benzene rings is 1. The summed E-state index contributed by atoms with van der Waals surface area (Å²) in [6.07, 6.45) is 1.87. The summed E-state index contributed by atoms with van der Waals surface area (Å²) in [5.41, 5.74) is 2.24. The van der Waals surface area contributed by atoms with Crippen LogP contribution in [0.2, 0.25) is 0 Å². The molecule has 0 radical (unpaired) electrons. The molecule has 1 aromatic carbocycles. The Kier molecular flexibility index (Phi) is 7.46. The highest BCUT2D eigenvalue weighted by molar-refractivity contribution is 5.83. The largest absolute Gasteiger partial charge is 0.480 e. The summed E-state index contributed by atoms with van der Waals surface area (Å²) < 4.78 is 4.89. The van der Waals surface area contributed by atoms with Crippen LogP contribution in [0.1, 0.15) is 30.4 Å². The molecule has 2 N–H and O–H groups in total. The Bertz CT molecular complexity index is 456. The van der Waals surface area contributed by atoms with Crippen molar-refractivity contribution in [2.24, 2.45) is 0 Å². The van der Waals surface area contributed by atoms with E-state index in [-0.39, 0.29) is 12.3 Å². The van der Waals surface area contributed by atoms with Crippen LogP contribution in [0.5, 0.6) is 0 Å². The van der Waals surface area contributed by atoms with E-state index in [1.165, 1.54) is 5.56 Å². The molecule has 1 atom stereocenters. The highest BCUT2D eigenvalue weighted by Crippen LogP contribution is 2.06. The molecule has 0 spiro atoms. The summed E-state index contributed by atoms with van der Waals surface area (Å²) in [7, 11) is 1.57. The van der Waals surface area contributed by atoms with E-state index in [9.17, 15) is 9.59 Å². The fraction of sp³-hybridized carbons (Fsp3) is 0.500. The van der Waals surface area contributed by atoms with Crippen molar-refractivity contribution < 1.29 is 19.4 Å². The normalized spacial score (nSPS) is 11.9. The second-order valence-electron chi connectivity index (χ2n) is 5.08. The molecule has 1 aromatic rings. The molecular weight excluding hydrogens is 270 g/mol. The average molecular weight is 293 g/mol. The van der Waals surface area contributed by atoms with Crippen LogP contribution in [0, 0.1) is 6.92 Å². The van der Waals surface area contributed by atoms with Crippen LogP contribution in [-0.4, -0.2) is 36.7 Å². The molecule has 5 heteroatoms. The second-order valence-corrected chi connectivity index (χ2v) is 5.08. The Labute approximate surface area is 125 Å². The quantitative estimate of drug-likeness (QED) is 0.682. The Morgan fingerprint density at radius 3 is 2.52 bits per heavy atom. The van der Waals surface area contributed by atoms with Crippen molar-refractivity contribution in [1.29, 1.82) is 0 Å². The molecule has 0 aliphatic carbocycles. The molecule has 1 amide bonds. The number of hydrogen-bond donors (Lipinski definition) is 2. The van der Waals surface area contributed by atoms with Crippen LogP contribution in [-0.2, 0) is 20.7 Å². The maximum Gasteiger partial charge on any atom is 0.326 e. The number of rotatable bonds is 9. The third-order valence-electron chi connectivity index (χ3n) is 3.24. The molecule has 116 valence electrons. The maximum absolute atomic E-state index is 11.8. The summed E-state index contributed by atoms with van der Waals surface area (Å²) in [5, 5.41) is 11.6. The van der Waals surface area contributed by atoms with E-state index in [0.29, 0.717) is 25.9 Å². The predicted octanol–water partition coefficient (Wildman–Crippen LogP) is 1.92. The molecule has 5 nitrogen and oxygen atoms in total. The molecule has 0 aliphatic rings. The van der Waals surface area contributed by atoms with Crippen LogP contribution >= 0.6 is 0 Å². The molecular formula is C16H23NO4. The van der Waals surface area contributed by atoms with Crippen molar-refractivity contribution in [2.75, 3.05) is 13.7 Å². The Morgan fingerprint density at radius 2 is 1.95 bits per heavy atom. The number of carbonyl (C=O) groups is 2. The minimum Gasteiger partial charge on any atom is -0.480 e. The third-order valence-corrected chi connectivity index (χ3v) is 3.24. The summed E-state index contributed by atoms with van der Waals surface area (Å²) in [5.74, 6) is -1.24. The number of nitrogens with one attached hydrogen (secondary N) is 1. The zero-order valence-electron chi connectivity index (χ0n) is 12.6. The highest BCUT2D eigenvalue weighted by Gasteiger charge is 2.19. The van der Waals surface area contributed by atoms with Crippen LogP contribution in [0.25, 0.3) is 0 Å². The molecule has 0 saturated carbocycles. The van der Waals surface area contributed by atoms with E-state index in [4.69, 9.17) is 9.84 Å². The minimum absolute atomic E-state index is 0.236. The van der Waals surface area contributed by atoms with Gasteiger partial charge in [0.15, 0.2) is 0 Å². The molecule has 21 heavy (non-hydrogen) atoms. The number of hydrogen-bond acceptors (Lipinski definition) is 3. The van der Waals surface area contributed by atoms with Gasteiger partial charge in [0.25, 0.3) is 0 Å². The first-order valence-corrected chi connectivity index (χ1v) is 7.09. The van der Waals surface area contributed by atoms with Crippen molar-refractivity contribution in [3.05, 3.63) is 35.4 Å². The van der Waals surface area contributed by atoms with Gasteiger partial charge in [0.2, 0.25) is 5.91 Å². The van der Waals surface area contributed by atoms with Gasteiger partial charge in [-0.3, -0.25) is 4.79 Å². The van der Waals surface area contributed by atoms with E-state index in [1.54, 1.807) is 7.11 Å². The maximum atomic E-state index is 11.8. The van der Waals surface area contributed by atoms with E-state index in [2.05, 4.69) is 5.32 Å². The average Bonchev–Trinajstić information content (AvgIpc) is 2.45. The van der Waals surface area contributed by atoms with Gasteiger partial charge in [0.05, 0.1) is 0 Å². The zero-order valence-corrected chi connectivity index (χ0v) is 12.6. The van der Waals surface area contributed by atoms with Crippen molar-refractivity contribution in [1.82, 2.24) is 5.32 Å². The second kappa shape index (κ2) is 9.13. The monoisotopic (exact) mass is 293 g/mol. The van der Waals surface area contributed by atoms with Crippen LogP contribution in [0.4, 0.5) is 0 Å². The molecule has 1 rings (SSSR count). The number of carboxylic acid groups (broad SMARTS) is 1. The summed E-state index contributed by atoms with van der Waals surface area (Å²) in [6.45, 7) is 2.50. The Morgan fingerprint density at radius 1 is 1.29 bits per heavy atom. The molecule has 0 fully saturated rings. The van der Waals surface area contributed by atoms with Gasteiger partial charge >= 0.3 is 5.97 Å². The van der Waals surface area contributed by atoms with Crippen molar-refractivity contribution in [2.45, 2.75) is 38.6 Å². The highest BCUT2D eigenvalue weighted by atomic mass is 16.5. The van der Waals surface area contributed by atoms with Crippen LogP contribution < -0.4 is 5.32 Å². The SMILES string of the molecule is COCCCC(NC(=O)CCc1ccc(C)cc1)C(=O)O. The van der Waals surface area contributed by atoms with Gasteiger partial charge in [0.1, 0.15) is 6.04 Å². The number of aliphatic carboxylic acids is 1. The predicted molar refractivity (Wildman–Crippen MR) is 80.2 cm³/mol. The molecule has 0 aliphatic heterocycles. The van der Waals surface area contributed by atoms with Crippen molar-refractivity contribution >= 4 is 11.9 Å². The number of amides is 1. The van der Waals surface area contributed by atoms with E-state index < -0.39 is 12.0 Å². The number of carboxylic acids is 1. The molecule has 0 saturated heterocycles. The first kappa shape index (κ1) is 17.2. The zero-order chi connectivity index (χ0) is 15.7. The first-order valence-electron chi connectivity index (χ1n) is 7.09. The van der Waals surface area contributed by atoms with Crippen LogP contribution in [0.3, 0.4) is 0 Å². The minimum atomic E-state index is -1.00. The third kappa shape index (κ3) is 6.90. The van der Waals surface area contributed by atoms with Crippen molar-refractivity contribution in [3.8, 4) is 0 Å². The fourth-order valence-corrected chi connectivity index (χ4v) is 1.97. The molecule has 1 unspecified atom stereocenters. The van der Waals surface area contributed by atoms with Gasteiger partial charge in [-0.25, -0.2) is 4.79 Å². The number of ether oxygens (including phenoxy) is 1. The summed E-state index contributed by atoms with van der Waals surface area (Å²) >= 11 is 0. The van der Waals surface area contributed by atoms with Crippen molar-refractivity contribution in [3.63, 3.8) is 0 Å². The Balaban J connectivity index is 2.39. The summed E-state index contributed by atoms with van der Waals surface area (Å²) in [4.78, 5) is 22.9. The van der Waals surface area contributed by atoms with Crippen LogP contribution in [0.15, 0.2) is 24.3 Å². The van der Waals surface area contributed by atoms with Gasteiger partial charge in [0, 0.05) is 20.1 Å². The number of carbonyl (C=O) groups excluding carboxylic acids is 1. The lowest BCUT2D eigenvalue weighted by Gasteiger charge is -2.14. The van der Waals surface area contributed by atoms with Gasteiger partial charge in [-0.2, -0.15) is 0 Å². The topological polar surface area (TPSA) is 75.6 Å². The fourth-order valence-electron chi connectivity index (χ4n) is 1.97. The molecule has 0 aromatic heterocycles. The standard InChI is InChI=1S/C16H23NO4/c1-12-5-7-13(8-6-12)9-10-15(18)17-14(16(19)20)4-3-11-21-2/h5-8,14H,3-4,9-11H2,1-2H3,(H,17,18)(H,19,20). The number of aryl methyl sites for hydroxylation is 2. The molecule has 0 heterocycles. The van der Waals surface area contributed by atoms with E-state index in [1.807, 2.05) is 31.2 Å². The van der Waals surface area contributed by atoms with Gasteiger partial charge in [-0.05, 0) is 31.7 Å². The molecule has 0 bridgehead atoms. The Hall–Kier alpha value is -1.88. The van der Waals surface area contributed by atoms with E-state index in [0.717, 1.165) is 5.56 Å². The lowest BCUT2D eigenvalue weighted by atomic mass is 10.1. The van der Waals surface area contributed by atoms with Gasteiger partial charge < -0.3 is 15.2 Å². The smallest absolute Gasteiger partial charge is 0.326 e. The summed E-state index contributed by atoms with van der Waals surface area (Å²) in [6, 6.07) is 7.12. The number of methoxy groups -OCH3 is 1. The lowest BCUT2D eigenvalue weighted by Crippen LogP contribution is -2.41. The van der Waals surface area contributed by atoms with E-state index >= 15 is 0 Å². The van der Waals surface area contributed by atoms with Gasteiger partial charge in [-0.1, -0.05) is 29.8 Å². The van der Waals surface area contributed by atoms with Gasteiger partial charge in [-0.15, -0.1) is 0 Å². The lowest BCUT2D eigenvalue weighted by molar-refractivity contribution is -0.142.